The molecule has 0 bridgehead atoms. The Morgan fingerprint density at radius 1 is 0.933 bits per heavy atom. The van der Waals surface area contributed by atoms with Crippen LogP contribution in [0, 0.1) is 0 Å². The van der Waals surface area contributed by atoms with Gasteiger partial charge in [-0.05, 0) is 48.6 Å². The first-order chi connectivity index (χ1) is 14.5. The summed E-state index contributed by atoms with van der Waals surface area (Å²) >= 11 is 1.51. The number of rotatable bonds is 8. The van der Waals surface area contributed by atoms with Crippen molar-refractivity contribution in [2.75, 3.05) is 22.4 Å². The molecule has 30 heavy (non-hydrogen) atoms. The van der Waals surface area contributed by atoms with Crippen LogP contribution in [0.15, 0.2) is 88.7 Å². The Kier molecular flexibility index (Phi) is 7.18. The number of carbonyl (C=O) groups excluding carboxylic acids is 1. The van der Waals surface area contributed by atoms with Crippen molar-refractivity contribution < 1.29 is 13.2 Å². The van der Waals surface area contributed by atoms with E-state index in [1.807, 2.05) is 43.5 Å². The van der Waals surface area contributed by atoms with Crippen molar-refractivity contribution >= 4 is 39.1 Å². The Labute approximate surface area is 182 Å². The minimum atomic E-state index is -3.92. The van der Waals surface area contributed by atoms with Crippen molar-refractivity contribution in [3.63, 3.8) is 0 Å². The number of benzene rings is 3. The van der Waals surface area contributed by atoms with Crippen LogP contribution in [0.25, 0.3) is 0 Å². The molecule has 0 fully saturated rings. The summed E-state index contributed by atoms with van der Waals surface area (Å²) in [4.78, 5) is 14.0. The third-order valence-corrected chi connectivity index (χ3v) is 7.21. The molecule has 3 aromatic carbocycles. The van der Waals surface area contributed by atoms with Gasteiger partial charge in [-0.1, -0.05) is 55.5 Å². The van der Waals surface area contributed by atoms with Crippen molar-refractivity contribution in [3.05, 3.63) is 84.4 Å². The minimum absolute atomic E-state index is 0.147. The van der Waals surface area contributed by atoms with Crippen LogP contribution in [0.4, 0.5) is 11.4 Å². The standard InChI is InChI=1S/C23H24N2O3S2/c1-3-18-11-7-9-15-21(18)25(30(27,28)19-12-5-4-6-13-19)17-23(26)24-20-14-8-10-16-22(20)29-2/h4-16H,3,17H2,1-2H3,(H,24,26). The molecule has 0 saturated carbocycles. The maximum absolute atomic E-state index is 13.5. The largest absolute Gasteiger partial charge is 0.323 e. The summed E-state index contributed by atoms with van der Waals surface area (Å²) in [5, 5.41) is 2.86. The van der Waals surface area contributed by atoms with E-state index in [4.69, 9.17) is 0 Å². The molecule has 0 aromatic heterocycles. The third-order valence-electron chi connectivity index (χ3n) is 4.64. The van der Waals surface area contributed by atoms with Crippen LogP contribution in [-0.2, 0) is 21.2 Å². The van der Waals surface area contributed by atoms with Crippen LogP contribution in [0.5, 0.6) is 0 Å². The molecule has 0 saturated heterocycles. The number of hydrogen-bond donors (Lipinski definition) is 1. The number of carbonyl (C=O) groups is 1. The molecular formula is C23H24N2O3S2. The lowest BCUT2D eigenvalue weighted by Crippen LogP contribution is -2.38. The van der Waals surface area contributed by atoms with Gasteiger partial charge in [0.25, 0.3) is 10.0 Å². The molecule has 0 aliphatic carbocycles. The van der Waals surface area contributed by atoms with Gasteiger partial charge in [-0.15, -0.1) is 11.8 Å². The average Bonchev–Trinajstić information content (AvgIpc) is 2.78. The van der Waals surface area contributed by atoms with Gasteiger partial charge in [-0.3, -0.25) is 9.10 Å². The van der Waals surface area contributed by atoms with Gasteiger partial charge in [0.2, 0.25) is 5.91 Å². The van der Waals surface area contributed by atoms with Gasteiger partial charge in [-0.2, -0.15) is 0 Å². The van der Waals surface area contributed by atoms with Crippen LogP contribution in [0.2, 0.25) is 0 Å². The molecule has 0 atom stereocenters. The predicted octanol–water partition coefficient (Wildman–Crippen LogP) is 4.80. The normalized spacial score (nSPS) is 11.1. The minimum Gasteiger partial charge on any atom is -0.323 e. The molecular weight excluding hydrogens is 416 g/mol. The second-order valence-corrected chi connectivity index (χ2v) is 9.27. The summed E-state index contributed by atoms with van der Waals surface area (Å²) in [6, 6.07) is 22.9. The van der Waals surface area contributed by atoms with Crippen LogP contribution in [0.3, 0.4) is 0 Å². The highest BCUT2D eigenvalue weighted by Gasteiger charge is 2.28. The van der Waals surface area contributed by atoms with Crippen LogP contribution in [0.1, 0.15) is 12.5 Å². The first-order valence-electron chi connectivity index (χ1n) is 9.56. The second kappa shape index (κ2) is 9.82. The van der Waals surface area contributed by atoms with E-state index >= 15 is 0 Å². The number of amides is 1. The molecule has 3 rings (SSSR count). The van der Waals surface area contributed by atoms with E-state index in [1.165, 1.54) is 28.2 Å². The second-order valence-electron chi connectivity index (χ2n) is 6.56. The van der Waals surface area contributed by atoms with E-state index in [0.717, 1.165) is 10.5 Å². The summed E-state index contributed by atoms with van der Waals surface area (Å²) in [5.41, 5.74) is 2.03. The summed E-state index contributed by atoms with van der Waals surface area (Å²) in [5.74, 6) is -0.401. The van der Waals surface area contributed by atoms with Crippen molar-refractivity contribution in [1.82, 2.24) is 0 Å². The van der Waals surface area contributed by atoms with Crippen molar-refractivity contribution in [2.24, 2.45) is 0 Å². The van der Waals surface area contributed by atoms with Gasteiger partial charge in [-0.25, -0.2) is 8.42 Å². The molecule has 5 nitrogen and oxygen atoms in total. The lowest BCUT2D eigenvalue weighted by molar-refractivity contribution is -0.114. The van der Waals surface area contributed by atoms with Gasteiger partial charge in [0.15, 0.2) is 0 Å². The number of anilines is 2. The van der Waals surface area contributed by atoms with Gasteiger partial charge in [0, 0.05) is 4.90 Å². The van der Waals surface area contributed by atoms with Crippen LogP contribution >= 0.6 is 11.8 Å². The Hall–Kier alpha value is -2.77. The molecule has 0 radical (unpaired) electrons. The zero-order chi connectivity index (χ0) is 21.6. The average molecular weight is 441 g/mol. The Morgan fingerprint density at radius 3 is 2.27 bits per heavy atom. The first-order valence-corrected chi connectivity index (χ1v) is 12.2. The van der Waals surface area contributed by atoms with Crippen LogP contribution in [-0.4, -0.2) is 27.1 Å². The first kappa shape index (κ1) is 21.9. The van der Waals surface area contributed by atoms with Gasteiger partial charge < -0.3 is 5.32 Å². The van der Waals surface area contributed by atoms with Crippen molar-refractivity contribution in [2.45, 2.75) is 23.1 Å². The molecule has 7 heteroatoms. The van der Waals surface area contributed by atoms with Crippen molar-refractivity contribution in [3.8, 4) is 0 Å². The summed E-state index contributed by atoms with van der Waals surface area (Å²) in [6.07, 6.45) is 2.57. The summed E-state index contributed by atoms with van der Waals surface area (Å²) < 4.78 is 28.1. The molecule has 0 aliphatic rings. The SMILES string of the molecule is CCc1ccccc1N(CC(=O)Nc1ccccc1SC)S(=O)(=O)c1ccccc1. The van der Waals surface area contributed by atoms with E-state index < -0.39 is 15.9 Å². The molecule has 0 heterocycles. The molecule has 0 aliphatic heterocycles. The fraction of sp³-hybridized carbons (Fsp3) is 0.174. The number of para-hydroxylation sites is 2. The number of aryl methyl sites for hydroxylation is 1. The fourth-order valence-corrected chi connectivity index (χ4v) is 5.17. The van der Waals surface area contributed by atoms with Gasteiger partial charge >= 0.3 is 0 Å². The molecule has 0 spiro atoms. The summed E-state index contributed by atoms with van der Waals surface area (Å²) in [7, 11) is -3.92. The monoisotopic (exact) mass is 440 g/mol. The maximum atomic E-state index is 13.5. The quantitative estimate of drug-likeness (QED) is 0.511. The smallest absolute Gasteiger partial charge is 0.264 e. The molecule has 1 N–H and O–H groups in total. The third kappa shape index (κ3) is 4.86. The number of nitrogens with zero attached hydrogens (tertiary/aromatic N) is 1. The van der Waals surface area contributed by atoms with Gasteiger partial charge in [0.1, 0.15) is 6.54 Å². The number of nitrogens with one attached hydrogen (secondary N) is 1. The van der Waals surface area contributed by atoms with Gasteiger partial charge in [0.05, 0.1) is 16.3 Å². The summed E-state index contributed by atoms with van der Waals surface area (Å²) in [6.45, 7) is 1.64. The van der Waals surface area contributed by atoms with Crippen molar-refractivity contribution in [1.29, 1.82) is 0 Å². The molecule has 1 amide bonds. The van der Waals surface area contributed by atoms with Crippen LogP contribution < -0.4 is 9.62 Å². The zero-order valence-electron chi connectivity index (χ0n) is 16.9. The number of thioether (sulfide) groups is 1. The van der Waals surface area contributed by atoms with E-state index in [9.17, 15) is 13.2 Å². The fourth-order valence-electron chi connectivity index (χ4n) is 3.14. The van der Waals surface area contributed by atoms with E-state index in [0.29, 0.717) is 17.8 Å². The van der Waals surface area contributed by atoms with E-state index in [-0.39, 0.29) is 11.4 Å². The Balaban J connectivity index is 1.99. The molecule has 0 unspecified atom stereocenters. The highest BCUT2D eigenvalue weighted by molar-refractivity contribution is 7.98. The molecule has 156 valence electrons. The zero-order valence-corrected chi connectivity index (χ0v) is 18.5. The lowest BCUT2D eigenvalue weighted by Gasteiger charge is -2.26. The topological polar surface area (TPSA) is 66.5 Å². The predicted molar refractivity (Wildman–Crippen MR) is 124 cm³/mol. The molecule has 3 aromatic rings. The Bertz CT molecular complexity index is 1120. The lowest BCUT2D eigenvalue weighted by atomic mass is 10.1. The highest BCUT2D eigenvalue weighted by atomic mass is 32.2. The Morgan fingerprint density at radius 2 is 1.57 bits per heavy atom. The number of hydrogen-bond acceptors (Lipinski definition) is 4. The highest BCUT2D eigenvalue weighted by Crippen LogP contribution is 2.28. The van der Waals surface area contributed by atoms with E-state index in [1.54, 1.807) is 36.4 Å². The van der Waals surface area contributed by atoms with E-state index in [2.05, 4.69) is 5.32 Å². The maximum Gasteiger partial charge on any atom is 0.264 e. The number of sulfonamides is 1.